The van der Waals surface area contributed by atoms with Crippen molar-refractivity contribution in [3.63, 3.8) is 0 Å². The van der Waals surface area contributed by atoms with Gasteiger partial charge in [-0.1, -0.05) is 29.8 Å². The van der Waals surface area contributed by atoms with Crippen LogP contribution in [0.5, 0.6) is 0 Å². The minimum Gasteiger partial charge on any atom is -0.465 e. The van der Waals surface area contributed by atoms with Crippen LogP contribution in [-0.2, 0) is 41.6 Å². The molecule has 0 radical (unpaired) electrons. The summed E-state index contributed by atoms with van der Waals surface area (Å²) >= 11 is 7.58. The van der Waals surface area contributed by atoms with Crippen LogP contribution in [0.1, 0.15) is 43.0 Å². The molecule has 0 spiro atoms. The number of ether oxygens (including phenoxy) is 1. The highest BCUT2D eigenvalue weighted by Gasteiger charge is 2.41. The van der Waals surface area contributed by atoms with Crippen LogP contribution in [0.3, 0.4) is 0 Å². The minimum absolute atomic E-state index is 0.0576. The SMILES string of the molecule is CCOC(=O)CN(CCCN1CCCC1=O)C(=O)CC1C(=O)N(CCc2ccc(Cl)cc2)CC(=O)N1CCc1cccs1. The van der Waals surface area contributed by atoms with Gasteiger partial charge in [-0.05, 0) is 61.7 Å². The van der Waals surface area contributed by atoms with E-state index in [-0.39, 0.29) is 50.4 Å². The molecule has 2 aromatic rings. The summed E-state index contributed by atoms with van der Waals surface area (Å²) in [5.41, 5.74) is 0.981. The lowest BCUT2D eigenvalue weighted by molar-refractivity contribution is -0.159. The van der Waals surface area contributed by atoms with Crippen molar-refractivity contribution in [3.05, 3.63) is 57.2 Å². The first-order chi connectivity index (χ1) is 20.7. The average Bonchev–Trinajstić information content (AvgIpc) is 3.66. The van der Waals surface area contributed by atoms with Gasteiger partial charge in [-0.25, -0.2) is 0 Å². The second-order valence-corrected chi connectivity index (χ2v) is 12.2. The van der Waals surface area contributed by atoms with Crippen molar-refractivity contribution in [1.82, 2.24) is 19.6 Å². The summed E-state index contributed by atoms with van der Waals surface area (Å²) in [6.07, 6.45) is 2.70. The molecule has 12 heteroatoms. The van der Waals surface area contributed by atoms with E-state index in [4.69, 9.17) is 16.3 Å². The molecule has 232 valence electrons. The molecule has 43 heavy (non-hydrogen) atoms. The van der Waals surface area contributed by atoms with Gasteiger partial charge in [0, 0.05) is 49.0 Å². The number of rotatable bonds is 15. The summed E-state index contributed by atoms with van der Waals surface area (Å²) in [6.45, 7) is 3.59. The van der Waals surface area contributed by atoms with E-state index in [1.54, 1.807) is 35.3 Å². The topological polar surface area (TPSA) is 108 Å². The van der Waals surface area contributed by atoms with E-state index in [0.29, 0.717) is 56.9 Å². The van der Waals surface area contributed by atoms with Crippen LogP contribution in [-0.4, -0.2) is 108 Å². The van der Waals surface area contributed by atoms with E-state index < -0.39 is 17.9 Å². The van der Waals surface area contributed by atoms with E-state index in [0.717, 1.165) is 16.9 Å². The first-order valence-corrected chi connectivity index (χ1v) is 16.1. The predicted octanol–water partition coefficient (Wildman–Crippen LogP) is 3.02. The monoisotopic (exact) mass is 630 g/mol. The molecule has 0 saturated carbocycles. The first-order valence-electron chi connectivity index (χ1n) is 14.8. The van der Waals surface area contributed by atoms with Crippen molar-refractivity contribution >= 4 is 52.5 Å². The van der Waals surface area contributed by atoms with E-state index in [1.807, 2.05) is 29.6 Å². The zero-order chi connectivity index (χ0) is 30.8. The van der Waals surface area contributed by atoms with Crippen molar-refractivity contribution in [2.24, 2.45) is 0 Å². The smallest absolute Gasteiger partial charge is 0.325 e. The molecule has 4 rings (SSSR count). The molecule has 0 aliphatic carbocycles. The fourth-order valence-corrected chi connectivity index (χ4v) is 6.28. The van der Waals surface area contributed by atoms with Gasteiger partial charge in [0.05, 0.1) is 19.6 Å². The number of piperazine rings is 1. The van der Waals surface area contributed by atoms with Crippen molar-refractivity contribution in [2.45, 2.75) is 51.5 Å². The summed E-state index contributed by atoms with van der Waals surface area (Å²) in [5, 5.41) is 2.58. The van der Waals surface area contributed by atoms with Crippen LogP contribution >= 0.6 is 22.9 Å². The Morgan fingerprint density at radius 3 is 2.49 bits per heavy atom. The van der Waals surface area contributed by atoms with Gasteiger partial charge in [0.2, 0.25) is 23.6 Å². The van der Waals surface area contributed by atoms with Gasteiger partial charge in [-0.2, -0.15) is 0 Å². The van der Waals surface area contributed by atoms with Crippen molar-refractivity contribution in [3.8, 4) is 0 Å². The summed E-state index contributed by atoms with van der Waals surface area (Å²) in [6, 6.07) is 10.3. The third-order valence-electron chi connectivity index (χ3n) is 7.76. The maximum atomic E-state index is 13.8. The second-order valence-electron chi connectivity index (χ2n) is 10.7. The van der Waals surface area contributed by atoms with E-state index >= 15 is 0 Å². The van der Waals surface area contributed by atoms with E-state index in [2.05, 4.69) is 0 Å². The predicted molar refractivity (Wildman–Crippen MR) is 164 cm³/mol. The zero-order valence-corrected chi connectivity index (χ0v) is 26.1. The van der Waals surface area contributed by atoms with Crippen molar-refractivity contribution in [1.29, 1.82) is 0 Å². The number of hydrogen-bond acceptors (Lipinski definition) is 7. The standard InChI is InChI=1S/C31H39ClN4O6S/c1-2-42-30(40)22-34(16-5-15-33-14-3-7-27(33)37)28(38)20-26-31(41)35(17-12-23-8-10-24(32)11-9-23)21-29(39)36(26)18-13-25-6-4-19-43-25/h4,6,8-11,19,26H,2-3,5,7,12-18,20-22H2,1H3. The van der Waals surface area contributed by atoms with E-state index in [9.17, 15) is 24.0 Å². The van der Waals surface area contributed by atoms with Gasteiger partial charge in [-0.15, -0.1) is 11.3 Å². The number of likely N-dealkylation sites (tertiary alicyclic amines) is 1. The maximum absolute atomic E-state index is 13.8. The number of carbonyl (C=O) groups is 5. The quantitative estimate of drug-likeness (QED) is 0.280. The number of esters is 1. The van der Waals surface area contributed by atoms with E-state index in [1.165, 1.54) is 14.7 Å². The largest absolute Gasteiger partial charge is 0.465 e. The number of amides is 4. The molecule has 1 aromatic heterocycles. The lowest BCUT2D eigenvalue weighted by Gasteiger charge is -2.40. The Morgan fingerprint density at radius 2 is 1.81 bits per heavy atom. The molecule has 1 unspecified atom stereocenters. The highest BCUT2D eigenvalue weighted by atomic mass is 35.5. The molecule has 1 atom stereocenters. The van der Waals surface area contributed by atoms with Crippen LogP contribution in [0.2, 0.25) is 5.02 Å². The molecule has 1 aromatic carbocycles. The number of benzene rings is 1. The molecule has 10 nitrogen and oxygen atoms in total. The molecule has 0 bridgehead atoms. The van der Waals surface area contributed by atoms with Crippen LogP contribution in [0.4, 0.5) is 0 Å². The summed E-state index contributed by atoms with van der Waals surface area (Å²) in [4.78, 5) is 72.7. The van der Waals surface area contributed by atoms with Gasteiger partial charge >= 0.3 is 5.97 Å². The summed E-state index contributed by atoms with van der Waals surface area (Å²) < 4.78 is 5.10. The van der Waals surface area contributed by atoms with Crippen molar-refractivity contribution < 1.29 is 28.7 Å². The van der Waals surface area contributed by atoms with Crippen LogP contribution < -0.4 is 0 Å². The summed E-state index contributed by atoms with van der Waals surface area (Å²) in [7, 11) is 0. The lowest BCUT2D eigenvalue weighted by Crippen LogP contribution is -2.61. The Balaban J connectivity index is 1.47. The fraction of sp³-hybridized carbons (Fsp3) is 0.516. The molecule has 2 saturated heterocycles. The average molecular weight is 631 g/mol. The van der Waals surface area contributed by atoms with Crippen LogP contribution in [0, 0.1) is 0 Å². The minimum atomic E-state index is -0.983. The third kappa shape index (κ3) is 9.27. The zero-order valence-electron chi connectivity index (χ0n) is 24.5. The highest BCUT2D eigenvalue weighted by Crippen LogP contribution is 2.21. The molecule has 2 aliphatic heterocycles. The molecular formula is C31H39ClN4O6S. The molecular weight excluding hydrogens is 592 g/mol. The van der Waals surface area contributed by atoms with Crippen LogP contribution in [0.25, 0.3) is 0 Å². The Hall–Kier alpha value is -3.44. The molecule has 2 fully saturated rings. The Morgan fingerprint density at radius 1 is 1.02 bits per heavy atom. The summed E-state index contributed by atoms with van der Waals surface area (Å²) in [5.74, 6) is -1.36. The van der Waals surface area contributed by atoms with Crippen molar-refractivity contribution in [2.75, 3.05) is 52.4 Å². The third-order valence-corrected chi connectivity index (χ3v) is 8.94. The molecule has 2 aliphatic rings. The second kappa shape index (κ2) is 15.9. The number of hydrogen-bond donors (Lipinski definition) is 0. The Kier molecular flexibility index (Phi) is 12.0. The molecule has 0 N–H and O–H groups in total. The number of thiophene rings is 1. The molecule has 3 heterocycles. The first kappa shape index (κ1) is 32.5. The normalized spacial score (nSPS) is 17.1. The van der Waals surface area contributed by atoms with Gasteiger partial charge < -0.3 is 24.3 Å². The van der Waals surface area contributed by atoms with Gasteiger partial charge in [0.1, 0.15) is 12.6 Å². The number of nitrogens with zero attached hydrogens (tertiary/aromatic N) is 4. The maximum Gasteiger partial charge on any atom is 0.325 e. The van der Waals surface area contributed by atoms with Gasteiger partial charge in [0.15, 0.2) is 0 Å². The lowest BCUT2D eigenvalue weighted by atomic mass is 10.0. The number of carbonyl (C=O) groups excluding carboxylic acids is 5. The Labute approximate surface area is 261 Å². The van der Waals surface area contributed by atoms with Gasteiger partial charge in [0.25, 0.3) is 0 Å². The van der Waals surface area contributed by atoms with Crippen LogP contribution in [0.15, 0.2) is 41.8 Å². The Bertz CT molecular complexity index is 1270. The number of halogens is 1. The van der Waals surface area contributed by atoms with Gasteiger partial charge in [-0.3, -0.25) is 24.0 Å². The molecule has 4 amide bonds. The highest BCUT2D eigenvalue weighted by molar-refractivity contribution is 7.09. The fourth-order valence-electron chi connectivity index (χ4n) is 5.46.